The number of aliphatic hydroxyl groups excluding tert-OH is 1. The fourth-order valence-electron chi connectivity index (χ4n) is 5.56. The quantitative estimate of drug-likeness (QED) is 0.283. The smallest absolute Gasteiger partial charge is 0.261 e. The summed E-state index contributed by atoms with van der Waals surface area (Å²) < 4.78 is 74.9. The van der Waals surface area contributed by atoms with E-state index in [0.29, 0.717) is 30.2 Å². The van der Waals surface area contributed by atoms with Crippen LogP contribution in [0.1, 0.15) is 50.4 Å². The number of methoxy groups -OCH3 is 1. The van der Waals surface area contributed by atoms with Crippen molar-refractivity contribution in [2.24, 2.45) is 5.92 Å². The van der Waals surface area contributed by atoms with Crippen LogP contribution in [0.15, 0.2) is 76.5 Å². The summed E-state index contributed by atoms with van der Waals surface area (Å²) in [5, 5.41) is 10.6. The summed E-state index contributed by atoms with van der Waals surface area (Å²) in [6.45, 7) is 5.56. The number of aliphatic hydroxyl groups is 1. The third kappa shape index (κ3) is 9.89. The minimum atomic E-state index is -4.03. The molecule has 0 saturated carbocycles. The van der Waals surface area contributed by atoms with Crippen LogP contribution in [0.4, 0.5) is 5.69 Å². The minimum absolute atomic E-state index is 0.00743. The second-order valence-corrected chi connectivity index (χ2v) is 16.7. The van der Waals surface area contributed by atoms with Crippen LogP contribution in [0.3, 0.4) is 0 Å². The number of hydrogen-bond acceptors (Lipinski definition) is 9. The van der Waals surface area contributed by atoms with Crippen molar-refractivity contribution < 1.29 is 40.9 Å². The number of fused-ring (bicyclic) bond motifs is 1. The summed E-state index contributed by atoms with van der Waals surface area (Å²) in [6, 6.07) is 15.7. The molecular weight excluding hydrogens is 706 g/mol. The number of sulfonamides is 2. The van der Waals surface area contributed by atoms with Crippen LogP contribution in [0.25, 0.3) is 0 Å². The summed E-state index contributed by atoms with van der Waals surface area (Å²) >= 11 is 5.98. The van der Waals surface area contributed by atoms with Crippen LogP contribution >= 0.6 is 11.6 Å². The van der Waals surface area contributed by atoms with Crippen LogP contribution in [0.2, 0.25) is 5.02 Å². The molecule has 0 aromatic heterocycles. The summed E-state index contributed by atoms with van der Waals surface area (Å²) in [7, 11) is -4.94. The molecule has 0 unspecified atom stereocenters. The van der Waals surface area contributed by atoms with E-state index in [2.05, 4.69) is 4.72 Å². The van der Waals surface area contributed by atoms with Crippen molar-refractivity contribution in [2.45, 2.75) is 68.1 Å². The second-order valence-electron chi connectivity index (χ2n) is 12.5. The van der Waals surface area contributed by atoms with Gasteiger partial charge in [0.2, 0.25) is 10.0 Å². The molecule has 4 rings (SSSR count). The van der Waals surface area contributed by atoms with E-state index >= 15 is 0 Å². The van der Waals surface area contributed by atoms with Crippen molar-refractivity contribution in [3.05, 3.63) is 77.3 Å². The van der Waals surface area contributed by atoms with Crippen molar-refractivity contribution in [1.29, 1.82) is 0 Å². The lowest BCUT2D eigenvalue weighted by atomic mass is 10.0. The Balaban J connectivity index is 1.67. The maximum Gasteiger partial charge on any atom is 0.261 e. The molecule has 12 nitrogen and oxygen atoms in total. The molecule has 1 aliphatic heterocycles. The van der Waals surface area contributed by atoms with Gasteiger partial charge in [0.05, 0.1) is 47.3 Å². The molecule has 1 aliphatic rings. The lowest BCUT2D eigenvalue weighted by Gasteiger charge is -2.35. The Morgan fingerprint density at radius 2 is 1.68 bits per heavy atom. The normalized spacial score (nSPS) is 20.4. The molecule has 0 saturated heterocycles. The zero-order valence-electron chi connectivity index (χ0n) is 28.9. The number of carbonyl (C=O) groups excluding carboxylic acids is 1. The maximum absolute atomic E-state index is 14.4. The number of halogens is 1. The molecule has 0 bridgehead atoms. The summed E-state index contributed by atoms with van der Waals surface area (Å²) in [4.78, 5) is 16.0. The van der Waals surface area contributed by atoms with Gasteiger partial charge < -0.3 is 24.2 Å². The fourth-order valence-corrected chi connectivity index (χ4v) is 7.91. The van der Waals surface area contributed by atoms with Crippen LogP contribution in [0.5, 0.6) is 11.5 Å². The molecule has 50 heavy (non-hydrogen) atoms. The fraction of sp³-hybridized carbons (Fsp3) is 0.457. The second kappa shape index (κ2) is 17.2. The maximum atomic E-state index is 14.4. The molecule has 274 valence electrons. The van der Waals surface area contributed by atoms with Crippen molar-refractivity contribution in [3.8, 4) is 11.5 Å². The number of nitrogens with one attached hydrogen (secondary N) is 1. The number of ether oxygens (including phenoxy) is 3. The zero-order valence-corrected chi connectivity index (χ0v) is 31.3. The predicted molar refractivity (Wildman–Crippen MR) is 192 cm³/mol. The molecule has 15 heteroatoms. The van der Waals surface area contributed by atoms with Crippen LogP contribution in [-0.2, 0) is 24.8 Å². The van der Waals surface area contributed by atoms with E-state index in [1.807, 2.05) is 13.8 Å². The number of hydrogen-bond donors (Lipinski definition) is 2. The average molecular weight is 752 g/mol. The Labute approximate surface area is 300 Å². The van der Waals surface area contributed by atoms with Gasteiger partial charge in [0.25, 0.3) is 15.9 Å². The van der Waals surface area contributed by atoms with Crippen LogP contribution in [-0.4, -0.2) is 95.8 Å². The highest BCUT2D eigenvalue weighted by Gasteiger charge is 2.32. The van der Waals surface area contributed by atoms with Gasteiger partial charge in [-0.15, -0.1) is 0 Å². The van der Waals surface area contributed by atoms with Gasteiger partial charge in [-0.1, -0.05) is 18.5 Å². The summed E-state index contributed by atoms with van der Waals surface area (Å²) in [5.41, 5.74) is 0.251. The summed E-state index contributed by atoms with van der Waals surface area (Å²) in [5.74, 6) is -0.110. The van der Waals surface area contributed by atoms with E-state index in [-0.39, 0.29) is 58.5 Å². The van der Waals surface area contributed by atoms with Crippen molar-refractivity contribution >= 4 is 43.2 Å². The van der Waals surface area contributed by atoms with Gasteiger partial charge in [0.1, 0.15) is 11.5 Å². The Kier molecular flexibility index (Phi) is 13.6. The first kappa shape index (κ1) is 39.4. The SMILES string of the molecule is COc1ccc(S(=O)(=O)Nc2ccc3c(c2)C(=O)N([C@H](C)CO)C[C@@H](C)[C@@H](CN(C)S(=O)(=O)c2ccc(Cl)cc2)OCCCC[C@@H](C)O3)cc1. The number of carbonyl (C=O) groups is 1. The van der Waals surface area contributed by atoms with Crippen molar-refractivity contribution in [2.75, 3.05) is 45.2 Å². The van der Waals surface area contributed by atoms with Gasteiger partial charge in [0.15, 0.2) is 0 Å². The summed E-state index contributed by atoms with van der Waals surface area (Å²) in [6.07, 6.45) is 1.18. The van der Waals surface area contributed by atoms with Gasteiger partial charge in [0, 0.05) is 43.4 Å². The van der Waals surface area contributed by atoms with E-state index in [1.54, 1.807) is 13.0 Å². The monoisotopic (exact) mass is 751 g/mol. The molecule has 0 fully saturated rings. The van der Waals surface area contributed by atoms with Crippen molar-refractivity contribution in [1.82, 2.24) is 9.21 Å². The Morgan fingerprint density at radius 1 is 1.02 bits per heavy atom. The first-order valence-corrected chi connectivity index (χ1v) is 19.7. The molecule has 0 spiro atoms. The number of amides is 1. The van der Waals surface area contributed by atoms with Crippen molar-refractivity contribution in [3.63, 3.8) is 0 Å². The molecule has 2 N–H and O–H groups in total. The number of benzene rings is 3. The highest BCUT2D eigenvalue weighted by atomic mass is 35.5. The van der Waals surface area contributed by atoms with E-state index in [9.17, 15) is 26.7 Å². The van der Waals surface area contributed by atoms with Gasteiger partial charge in [-0.25, -0.2) is 16.8 Å². The van der Waals surface area contributed by atoms with Crippen LogP contribution in [0, 0.1) is 5.92 Å². The predicted octanol–water partition coefficient (Wildman–Crippen LogP) is 5.27. The molecule has 0 radical (unpaired) electrons. The van der Waals surface area contributed by atoms with Gasteiger partial charge in [-0.2, -0.15) is 4.31 Å². The molecule has 1 amide bonds. The molecule has 3 aromatic rings. The minimum Gasteiger partial charge on any atom is -0.497 e. The first-order chi connectivity index (χ1) is 23.7. The van der Waals surface area contributed by atoms with Crippen LogP contribution < -0.4 is 14.2 Å². The number of anilines is 1. The highest BCUT2D eigenvalue weighted by Crippen LogP contribution is 2.30. The Hall–Kier alpha value is -3.40. The lowest BCUT2D eigenvalue weighted by Crippen LogP contribution is -2.48. The van der Waals surface area contributed by atoms with Gasteiger partial charge in [-0.05, 0) is 99.8 Å². The highest BCUT2D eigenvalue weighted by molar-refractivity contribution is 7.92. The topological polar surface area (TPSA) is 152 Å². The van der Waals surface area contributed by atoms with E-state index in [0.717, 1.165) is 6.42 Å². The first-order valence-electron chi connectivity index (χ1n) is 16.4. The molecule has 0 aliphatic carbocycles. The number of nitrogens with zero attached hydrogens (tertiary/aromatic N) is 2. The largest absolute Gasteiger partial charge is 0.497 e. The molecule has 3 aromatic carbocycles. The lowest BCUT2D eigenvalue weighted by molar-refractivity contribution is -0.00833. The molecule has 1 heterocycles. The van der Waals surface area contributed by atoms with Gasteiger partial charge >= 0.3 is 0 Å². The third-order valence-corrected chi connectivity index (χ3v) is 12.1. The standard InChI is InChI=1S/C35H46ClN3O9S2/c1-24-21-39(25(2)23-40)35(41)32-20-28(37-49(42,43)30-16-12-29(46-5)13-17-30)11-18-33(32)48-26(3)8-6-7-19-47-34(24)22-38(4)50(44,45)31-14-9-27(36)10-15-31/h9-18,20,24-26,34,37,40H,6-8,19,21-23H2,1-5H3/t24-,25-,26-,34-/m1/s1. The average Bonchev–Trinajstić information content (AvgIpc) is 3.09. The van der Waals surface area contributed by atoms with E-state index in [4.69, 9.17) is 25.8 Å². The van der Waals surface area contributed by atoms with E-state index < -0.39 is 38.1 Å². The Morgan fingerprint density at radius 3 is 2.32 bits per heavy atom. The molecule has 4 atom stereocenters. The third-order valence-electron chi connectivity index (χ3n) is 8.63. The van der Waals surface area contributed by atoms with Gasteiger partial charge in [-0.3, -0.25) is 9.52 Å². The molecular formula is C35H46ClN3O9S2. The Bertz CT molecular complexity index is 1810. The number of rotatable bonds is 10. The number of likely N-dealkylation sites (N-methyl/N-ethyl adjacent to an activating group) is 1. The zero-order chi connectivity index (χ0) is 36.6. The van der Waals surface area contributed by atoms with E-state index in [1.165, 1.54) is 84.0 Å².